The van der Waals surface area contributed by atoms with Crippen molar-refractivity contribution in [3.63, 3.8) is 0 Å². The maximum Gasteiger partial charge on any atom is 0.248 e. The van der Waals surface area contributed by atoms with Crippen molar-refractivity contribution in [2.24, 2.45) is 5.92 Å². The molecule has 0 aromatic heterocycles. The normalized spacial score (nSPS) is 28.9. The zero-order valence-electron chi connectivity index (χ0n) is 10.9. The van der Waals surface area contributed by atoms with Crippen molar-refractivity contribution < 1.29 is 13.6 Å². The Morgan fingerprint density at radius 1 is 1.28 bits per heavy atom. The lowest BCUT2D eigenvalue weighted by atomic mass is 9.85. The summed E-state index contributed by atoms with van der Waals surface area (Å²) in [5.41, 5.74) is 0. The van der Waals surface area contributed by atoms with Gasteiger partial charge in [-0.05, 0) is 38.8 Å². The molecule has 0 radical (unpaired) electrons. The molecule has 104 valence electrons. The maximum atomic E-state index is 13.3. The van der Waals surface area contributed by atoms with E-state index in [1.165, 1.54) is 0 Å². The number of nitrogens with one attached hydrogen (secondary N) is 1. The van der Waals surface area contributed by atoms with Gasteiger partial charge in [-0.2, -0.15) is 0 Å². The summed E-state index contributed by atoms with van der Waals surface area (Å²) in [6, 6.07) is 0.217. The molecule has 1 aliphatic carbocycles. The molecule has 1 aliphatic heterocycles. The van der Waals surface area contributed by atoms with E-state index in [2.05, 4.69) is 5.32 Å². The fraction of sp³-hybridized carbons (Fsp3) is 0.923. The van der Waals surface area contributed by atoms with E-state index in [9.17, 15) is 13.6 Å². The molecule has 1 N–H and O–H groups in total. The number of alkyl halides is 2. The minimum Gasteiger partial charge on any atom is -0.342 e. The van der Waals surface area contributed by atoms with Crippen LogP contribution in [0.5, 0.6) is 0 Å². The molecule has 1 saturated carbocycles. The number of halogens is 2. The number of nitrogens with zero attached hydrogens (tertiary/aromatic N) is 1. The van der Waals surface area contributed by atoms with Crippen molar-refractivity contribution in [1.29, 1.82) is 0 Å². The summed E-state index contributed by atoms with van der Waals surface area (Å²) in [5.74, 6) is -3.21. The van der Waals surface area contributed by atoms with Gasteiger partial charge in [0.05, 0.1) is 0 Å². The van der Waals surface area contributed by atoms with Crippen LogP contribution in [-0.2, 0) is 4.79 Å². The molecule has 1 atom stereocenters. The summed E-state index contributed by atoms with van der Waals surface area (Å²) in [5, 5.41) is 3.24. The molecular weight excluding hydrogens is 238 g/mol. The first-order chi connectivity index (χ1) is 8.49. The number of hydrogen-bond acceptors (Lipinski definition) is 2. The zero-order valence-corrected chi connectivity index (χ0v) is 10.9. The minimum atomic E-state index is -2.65. The fourth-order valence-electron chi connectivity index (χ4n) is 3.04. The number of carbonyl (C=O) groups excluding carboxylic acids is 1. The van der Waals surface area contributed by atoms with E-state index in [1.807, 2.05) is 0 Å². The summed E-state index contributed by atoms with van der Waals surface area (Å²) < 4.78 is 26.7. The molecule has 5 heteroatoms. The molecule has 0 aromatic rings. The van der Waals surface area contributed by atoms with Gasteiger partial charge >= 0.3 is 0 Å². The van der Waals surface area contributed by atoms with Crippen LogP contribution in [-0.4, -0.2) is 42.9 Å². The molecule has 2 aliphatic rings. The largest absolute Gasteiger partial charge is 0.342 e. The summed E-state index contributed by atoms with van der Waals surface area (Å²) in [6.45, 7) is 1.81. The van der Waals surface area contributed by atoms with E-state index in [0.29, 0.717) is 12.8 Å². The average Bonchev–Trinajstić information content (AvgIpc) is 2.37. The molecule has 18 heavy (non-hydrogen) atoms. The Hall–Kier alpha value is -0.710. The molecule has 1 amide bonds. The van der Waals surface area contributed by atoms with Gasteiger partial charge in [-0.1, -0.05) is 0 Å². The highest BCUT2D eigenvalue weighted by atomic mass is 19.3. The van der Waals surface area contributed by atoms with Crippen LogP contribution in [0.4, 0.5) is 8.78 Å². The Balaban J connectivity index is 1.93. The van der Waals surface area contributed by atoms with Crippen LogP contribution in [0.2, 0.25) is 0 Å². The molecule has 1 unspecified atom stereocenters. The van der Waals surface area contributed by atoms with Crippen LogP contribution in [0.25, 0.3) is 0 Å². The lowest BCUT2D eigenvalue weighted by Crippen LogP contribution is -2.47. The monoisotopic (exact) mass is 260 g/mol. The highest BCUT2D eigenvalue weighted by Gasteiger charge is 2.40. The van der Waals surface area contributed by atoms with E-state index in [1.54, 1.807) is 11.9 Å². The van der Waals surface area contributed by atoms with Crippen LogP contribution in [0.1, 0.15) is 38.5 Å². The van der Waals surface area contributed by atoms with Gasteiger partial charge in [0.15, 0.2) is 0 Å². The molecule has 2 rings (SSSR count). The van der Waals surface area contributed by atoms with Gasteiger partial charge in [-0.25, -0.2) is 8.78 Å². The van der Waals surface area contributed by atoms with Crippen molar-refractivity contribution in [2.75, 3.05) is 20.1 Å². The molecule has 3 nitrogen and oxygen atoms in total. The molecule has 0 spiro atoms. The number of rotatable bonds is 2. The lowest BCUT2D eigenvalue weighted by molar-refractivity contribution is -0.143. The molecular formula is C13H22F2N2O. The fourth-order valence-corrected chi connectivity index (χ4v) is 3.04. The highest BCUT2D eigenvalue weighted by Crippen LogP contribution is 2.37. The Bertz CT molecular complexity index is 303. The first kappa shape index (κ1) is 13.7. The Labute approximate surface area is 107 Å². The Morgan fingerprint density at radius 2 is 1.94 bits per heavy atom. The number of piperidine rings is 1. The summed E-state index contributed by atoms with van der Waals surface area (Å²) in [6.07, 6.45) is 2.60. The van der Waals surface area contributed by atoms with E-state index in [0.717, 1.165) is 25.9 Å². The molecule has 1 saturated heterocycles. The van der Waals surface area contributed by atoms with Crippen LogP contribution in [0.15, 0.2) is 0 Å². The second kappa shape index (κ2) is 5.51. The minimum absolute atomic E-state index is 0.0617. The number of carbonyl (C=O) groups is 1. The topological polar surface area (TPSA) is 32.3 Å². The lowest BCUT2D eigenvalue weighted by Gasteiger charge is -2.36. The SMILES string of the molecule is CN(C(=O)C1CCCC(F)(F)C1)C1CCNCC1. The Morgan fingerprint density at radius 3 is 2.56 bits per heavy atom. The van der Waals surface area contributed by atoms with Crippen molar-refractivity contribution in [1.82, 2.24) is 10.2 Å². The van der Waals surface area contributed by atoms with E-state index in [4.69, 9.17) is 0 Å². The first-order valence-electron chi connectivity index (χ1n) is 6.85. The van der Waals surface area contributed by atoms with Crippen molar-refractivity contribution in [3.8, 4) is 0 Å². The van der Waals surface area contributed by atoms with Gasteiger partial charge in [0.2, 0.25) is 11.8 Å². The summed E-state index contributed by atoms with van der Waals surface area (Å²) >= 11 is 0. The smallest absolute Gasteiger partial charge is 0.248 e. The molecule has 1 heterocycles. The maximum absolute atomic E-state index is 13.3. The summed E-state index contributed by atoms with van der Waals surface area (Å²) in [7, 11) is 1.77. The van der Waals surface area contributed by atoms with Crippen molar-refractivity contribution in [3.05, 3.63) is 0 Å². The number of hydrogen-bond donors (Lipinski definition) is 1. The van der Waals surface area contributed by atoms with E-state index >= 15 is 0 Å². The van der Waals surface area contributed by atoms with Gasteiger partial charge in [-0.15, -0.1) is 0 Å². The third-order valence-corrected chi connectivity index (χ3v) is 4.19. The zero-order chi connectivity index (χ0) is 13.2. The molecule has 0 bridgehead atoms. The average molecular weight is 260 g/mol. The molecule has 0 aromatic carbocycles. The Kier molecular flexibility index (Phi) is 4.20. The summed E-state index contributed by atoms with van der Waals surface area (Å²) in [4.78, 5) is 14.0. The van der Waals surface area contributed by atoms with Crippen molar-refractivity contribution >= 4 is 5.91 Å². The second-order valence-electron chi connectivity index (χ2n) is 5.58. The third kappa shape index (κ3) is 3.19. The standard InChI is InChI=1S/C13H22F2N2O/c1-17(11-4-7-16-8-5-11)12(18)10-3-2-6-13(14,15)9-10/h10-11,16H,2-9H2,1H3. The van der Waals surface area contributed by atoms with Crippen LogP contribution >= 0.6 is 0 Å². The quantitative estimate of drug-likeness (QED) is 0.824. The first-order valence-corrected chi connectivity index (χ1v) is 6.85. The van der Waals surface area contributed by atoms with Crippen LogP contribution in [0, 0.1) is 5.92 Å². The predicted molar refractivity (Wildman–Crippen MR) is 65.6 cm³/mol. The van der Waals surface area contributed by atoms with E-state index < -0.39 is 11.8 Å². The van der Waals surface area contributed by atoms with Crippen molar-refractivity contribution in [2.45, 2.75) is 50.5 Å². The van der Waals surface area contributed by atoms with Gasteiger partial charge in [0.1, 0.15) is 0 Å². The highest BCUT2D eigenvalue weighted by molar-refractivity contribution is 5.79. The van der Waals surface area contributed by atoms with Gasteiger partial charge < -0.3 is 10.2 Å². The number of amides is 1. The van der Waals surface area contributed by atoms with Crippen LogP contribution in [0.3, 0.4) is 0 Å². The van der Waals surface area contributed by atoms with Gasteiger partial charge in [0.25, 0.3) is 0 Å². The van der Waals surface area contributed by atoms with Gasteiger partial charge in [-0.3, -0.25) is 4.79 Å². The molecule has 2 fully saturated rings. The van der Waals surface area contributed by atoms with Gasteiger partial charge in [0, 0.05) is 31.8 Å². The van der Waals surface area contributed by atoms with E-state index in [-0.39, 0.29) is 24.8 Å². The predicted octanol–water partition coefficient (Wildman–Crippen LogP) is 2.02. The second-order valence-corrected chi connectivity index (χ2v) is 5.58. The third-order valence-electron chi connectivity index (χ3n) is 4.19. The van der Waals surface area contributed by atoms with Crippen LogP contribution < -0.4 is 5.32 Å².